The van der Waals surface area contributed by atoms with Crippen LogP contribution < -0.4 is 0 Å². The zero-order valence-electron chi connectivity index (χ0n) is 15.1. The van der Waals surface area contributed by atoms with E-state index >= 15 is 0 Å². The lowest BCUT2D eigenvalue weighted by molar-refractivity contribution is 0.534. The van der Waals surface area contributed by atoms with Gasteiger partial charge in [-0.15, -0.1) is 12.4 Å². The average Bonchev–Trinajstić information content (AvgIpc) is 2.56. The summed E-state index contributed by atoms with van der Waals surface area (Å²) < 4.78 is 0. The third-order valence-corrected chi connectivity index (χ3v) is 4.37. The van der Waals surface area contributed by atoms with E-state index in [0.29, 0.717) is 0 Å². The minimum Gasteiger partial charge on any atom is -0.241 e. The Bertz CT molecular complexity index is 330. The molecule has 0 aliphatic carbocycles. The van der Waals surface area contributed by atoms with Gasteiger partial charge >= 0.3 is 0 Å². The molecular formula is C20H37ClN2. The highest BCUT2D eigenvalue weighted by molar-refractivity contribution is 5.85. The maximum absolute atomic E-state index is 4.27. The van der Waals surface area contributed by atoms with Gasteiger partial charge in [0, 0.05) is 18.8 Å². The molecule has 0 N–H and O–H groups in total. The van der Waals surface area contributed by atoms with E-state index in [1.54, 1.807) is 0 Å². The highest BCUT2D eigenvalue weighted by Gasteiger charge is 1.96. The number of aryl methyl sites for hydroxylation is 1. The van der Waals surface area contributed by atoms with Gasteiger partial charge < -0.3 is 0 Å². The molecule has 0 atom stereocenters. The van der Waals surface area contributed by atoms with Gasteiger partial charge in [-0.05, 0) is 12.5 Å². The van der Waals surface area contributed by atoms with Crippen LogP contribution in [0.3, 0.4) is 0 Å². The molecular weight excluding hydrogens is 304 g/mol. The third kappa shape index (κ3) is 14.7. The fourth-order valence-corrected chi connectivity index (χ4v) is 2.94. The van der Waals surface area contributed by atoms with E-state index < -0.39 is 0 Å². The minimum absolute atomic E-state index is 0. The van der Waals surface area contributed by atoms with Crippen LogP contribution in [-0.2, 0) is 6.42 Å². The molecule has 0 unspecified atom stereocenters. The molecule has 0 radical (unpaired) electrons. The minimum atomic E-state index is 0. The van der Waals surface area contributed by atoms with Crippen molar-refractivity contribution in [2.45, 2.75) is 103 Å². The number of nitrogens with zero attached hydrogens (tertiary/aromatic N) is 2. The van der Waals surface area contributed by atoms with Crippen LogP contribution in [0.1, 0.15) is 103 Å². The molecule has 23 heavy (non-hydrogen) atoms. The summed E-state index contributed by atoms with van der Waals surface area (Å²) in [5, 5.41) is 0. The first-order chi connectivity index (χ1) is 10.9. The van der Waals surface area contributed by atoms with Crippen LogP contribution in [0, 0.1) is 0 Å². The molecule has 1 aromatic rings. The van der Waals surface area contributed by atoms with E-state index in [1.165, 1.54) is 89.9 Å². The summed E-state index contributed by atoms with van der Waals surface area (Å²) >= 11 is 0. The van der Waals surface area contributed by atoms with Gasteiger partial charge in [-0.25, -0.2) is 9.97 Å². The largest absolute Gasteiger partial charge is 0.241 e. The van der Waals surface area contributed by atoms with Crippen LogP contribution in [-0.4, -0.2) is 9.97 Å². The lowest BCUT2D eigenvalue weighted by atomic mass is 10.0. The summed E-state index contributed by atoms with van der Waals surface area (Å²) in [7, 11) is 0. The van der Waals surface area contributed by atoms with Crippen LogP contribution in [0.4, 0.5) is 0 Å². The van der Waals surface area contributed by atoms with Gasteiger partial charge in [-0.3, -0.25) is 0 Å². The highest BCUT2D eigenvalue weighted by Crippen LogP contribution is 2.13. The fourth-order valence-electron chi connectivity index (χ4n) is 2.94. The molecule has 0 fully saturated rings. The Morgan fingerprint density at radius 1 is 0.609 bits per heavy atom. The van der Waals surface area contributed by atoms with E-state index in [9.17, 15) is 0 Å². The molecule has 1 rings (SSSR count). The van der Waals surface area contributed by atoms with Crippen molar-refractivity contribution in [3.63, 3.8) is 0 Å². The van der Waals surface area contributed by atoms with Crippen molar-refractivity contribution in [2.24, 2.45) is 0 Å². The first-order valence-electron chi connectivity index (χ1n) is 9.69. The van der Waals surface area contributed by atoms with Crippen molar-refractivity contribution < 1.29 is 0 Å². The van der Waals surface area contributed by atoms with E-state index in [4.69, 9.17) is 0 Å². The van der Waals surface area contributed by atoms with Crippen molar-refractivity contribution in [3.05, 3.63) is 24.3 Å². The van der Waals surface area contributed by atoms with Gasteiger partial charge in [0.25, 0.3) is 0 Å². The summed E-state index contributed by atoms with van der Waals surface area (Å²) in [4.78, 5) is 8.53. The Hall–Kier alpha value is -0.630. The monoisotopic (exact) mass is 340 g/mol. The SMILES string of the molecule is CCCCCCCCCCCCCCCCc1ncccn1.Cl. The highest BCUT2D eigenvalue weighted by atomic mass is 35.5. The lowest BCUT2D eigenvalue weighted by Crippen LogP contribution is -1.93. The van der Waals surface area contributed by atoms with Crippen LogP contribution >= 0.6 is 12.4 Å². The zero-order valence-corrected chi connectivity index (χ0v) is 16.0. The molecule has 0 amide bonds. The van der Waals surface area contributed by atoms with Crippen molar-refractivity contribution >= 4 is 12.4 Å². The predicted octanol–water partition coefficient (Wildman–Crippen LogP) is 6.92. The molecule has 134 valence electrons. The molecule has 0 saturated carbocycles. The van der Waals surface area contributed by atoms with Gasteiger partial charge in [-0.1, -0.05) is 90.4 Å². The fraction of sp³-hybridized carbons (Fsp3) is 0.800. The third-order valence-electron chi connectivity index (χ3n) is 4.37. The summed E-state index contributed by atoms with van der Waals surface area (Å²) in [6.45, 7) is 2.29. The molecule has 1 heterocycles. The Balaban J connectivity index is 0.00000484. The maximum Gasteiger partial charge on any atom is 0.128 e. The Morgan fingerprint density at radius 2 is 1.00 bits per heavy atom. The van der Waals surface area contributed by atoms with Crippen molar-refractivity contribution in [1.29, 1.82) is 0 Å². The van der Waals surface area contributed by atoms with Gasteiger partial charge in [0.15, 0.2) is 0 Å². The Kier molecular flexibility index (Phi) is 17.2. The van der Waals surface area contributed by atoms with E-state index in [2.05, 4.69) is 16.9 Å². The average molecular weight is 341 g/mol. The quantitative estimate of drug-likeness (QED) is 0.324. The van der Waals surface area contributed by atoms with E-state index in [-0.39, 0.29) is 12.4 Å². The number of hydrogen-bond acceptors (Lipinski definition) is 2. The second kappa shape index (κ2) is 17.7. The molecule has 0 spiro atoms. The van der Waals surface area contributed by atoms with Crippen molar-refractivity contribution in [1.82, 2.24) is 9.97 Å². The molecule has 0 bridgehead atoms. The van der Waals surface area contributed by atoms with Gasteiger partial charge in [0.1, 0.15) is 5.82 Å². The summed E-state index contributed by atoms with van der Waals surface area (Å²) in [5.74, 6) is 1.00. The molecule has 0 saturated heterocycles. The number of halogens is 1. The summed E-state index contributed by atoms with van der Waals surface area (Å²) in [6, 6.07) is 1.88. The van der Waals surface area contributed by atoms with Gasteiger partial charge in [0.05, 0.1) is 0 Å². The predicted molar refractivity (Wildman–Crippen MR) is 103 cm³/mol. The molecule has 0 aliphatic rings. The van der Waals surface area contributed by atoms with Crippen molar-refractivity contribution in [3.8, 4) is 0 Å². The van der Waals surface area contributed by atoms with Crippen LogP contribution in [0.25, 0.3) is 0 Å². The Labute approximate surface area is 150 Å². The molecule has 0 aromatic carbocycles. The first kappa shape index (κ1) is 22.4. The van der Waals surface area contributed by atoms with Crippen LogP contribution in [0.2, 0.25) is 0 Å². The molecule has 3 heteroatoms. The second-order valence-electron chi connectivity index (χ2n) is 6.51. The molecule has 2 nitrogen and oxygen atoms in total. The first-order valence-corrected chi connectivity index (χ1v) is 9.69. The zero-order chi connectivity index (χ0) is 15.7. The standard InChI is InChI=1S/C20H36N2.ClH/c1-2-3-4-5-6-7-8-9-10-11-12-13-14-15-17-20-21-18-16-19-22-20;/h16,18-19H,2-15,17H2,1H3;1H. The van der Waals surface area contributed by atoms with Crippen LogP contribution in [0.15, 0.2) is 18.5 Å². The normalized spacial score (nSPS) is 10.5. The number of aromatic nitrogens is 2. The number of hydrogen-bond donors (Lipinski definition) is 0. The maximum atomic E-state index is 4.27. The molecule has 0 aliphatic heterocycles. The van der Waals surface area contributed by atoms with Crippen LogP contribution in [0.5, 0.6) is 0 Å². The topological polar surface area (TPSA) is 25.8 Å². The molecule has 1 aromatic heterocycles. The van der Waals surface area contributed by atoms with Crippen molar-refractivity contribution in [2.75, 3.05) is 0 Å². The Morgan fingerprint density at radius 3 is 1.43 bits per heavy atom. The summed E-state index contributed by atoms with van der Waals surface area (Å²) in [6.07, 6.45) is 24.5. The second-order valence-corrected chi connectivity index (χ2v) is 6.51. The lowest BCUT2D eigenvalue weighted by Gasteiger charge is -2.03. The van der Waals surface area contributed by atoms with Gasteiger partial charge in [0.2, 0.25) is 0 Å². The van der Waals surface area contributed by atoms with E-state index in [0.717, 1.165) is 12.2 Å². The summed E-state index contributed by atoms with van der Waals surface area (Å²) in [5.41, 5.74) is 0. The number of rotatable bonds is 15. The van der Waals surface area contributed by atoms with E-state index in [1.807, 2.05) is 18.5 Å². The smallest absolute Gasteiger partial charge is 0.128 e. The van der Waals surface area contributed by atoms with Gasteiger partial charge in [-0.2, -0.15) is 0 Å². The number of unbranched alkanes of at least 4 members (excludes halogenated alkanes) is 13.